The lowest BCUT2D eigenvalue weighted by atomic mass is 10.5. The molecule has 1 aromatic heterocycles. The van der Waals surface area contributed by atoms with E-state index in [-0.39, 0.29) is 12.6 Å². The maximum Gasteiger partial charge on any atom is 0.324 e. The molecule has 1 N–H and O–H groups in total. The number of urea groups is 1. The van der Waals surface area contributed by atoms with Crippen LogP contribution in [0.5, 0.6) is 0 Å². The highest BCUT2D eigenvalue weighted by atomic mass is 35.5. The second-order valence-electron chi connectivity index (χ2n) is 2.60. The fourth-order valence-corrected chi connectivity index (χ4v) is 1.73. The predicted molar refractivity (Wildman–Crippen MR) is 59.5 cm³/mol. The summed E-state index contributed by atoms with van der Waals surface area (Å²) < 4.78 is 0.503. The zero-order chi connectivity index (χ0) is 11.3. The molecule has 0 aliphatic rings. The minimum absolute atomic E-state index is 0.0709. The van der Waals surface area contributed by atoms with Gasteiger partial charge in [0.15, 0.2) is 5.13 Å². The number of hydrogen-bond acceptors (Lipinski definition) is 4. The van der Waals surface area contributed by atoms with Gasteiger partial charge >= 0.3 is 6.03 Å². The summed E-state index contributed by atoms with van der Waals surface area (Å²) in [4.78, 5) is 27.0. The Labute approximate surface area is 96.1 Å². The van der Waals surface area contributed by atoms with Crippen molar-refractivity contribution in [2.75, 3.05) is 18.4 Å². The van der Waals surface area contributed by atoms with Crippen molar-refractivity contribution in [3.8, 4) is 0 Å². The molecule has 2 amide bonds. The average molecular weight is 248 g/mol. The molecule has 1 rings (SSSR count). The summed E-state index contributed by atoms with van der Waals surface area (Å²) in [6.45, 7) is 2.32. The average Bonchev–Trinajstić information content (AvgIpc) is 2.60. The first kappa shape index (κ1) is 11.9. The van der Waals surface area contributed by atoms with Crippen molar-refractivity contribution in [1.82, 2.24) is 9.88 Å². The van der Waals surface area contributed by atoms with Crippen LogP contribution in [-0.4, -0.2) is 35.3 Å². The van der Waals surface area contributed by atoms with Crippen molar-refractivity contribution < 1.29 is 9.59 Å². The fraction of sp³-hybridized carbons (Fsp3) is 0.375. The van der Waals surface area contributed by atoms with Crippen molar-refractivity contribution in [3.05, 3.63) is 10.5 Å². The van der Waals surface area contributed by atoms with Crippen LogP contribution >= 0.6 is 22.9 Å². The first-order valence-electron chi connectivity index (χ1n) is 4.28. The van der Waals surface area contributed by atoms with Gasteiger partial charge in [0.2, 0.25) is 0 Å². The van der Waals surface area contributed by atoms with Gasteiger partial charge in [-0.15, -0.1) is 0 Å². The van der Waals surface area contributed by atoms with Gasteiger partial charge in [-0.2, -0.15) is 0 Å². The molecule has 0 saturated heterocycles. The highest BCUT2D eigenvalue weighted by Gasteiger charge is 2.12. The summed E-state index contributed by atoms with van der Waals surface area (Å²) in [7, 11) is 0. The number of amides is 2. The lowest BCUT2D eigenvalue weighted by Crippen LogP contribution is -2.36. The molecule has 82 valence electrons. The molecule has 0 unspecified atom stereocenters. The Morgan fingerprint density at radius 2 is 2.53 bits per heavy atom. The van der Waals surface area contributed by atoms with Crippen LogP contribution in [0.15, 0.2) is 6.20 Å². The van der Waals surface area contributed by atoms with Crippen LogP contribution in [0, 0.1) is 0 Å². The third kappa shape index (κ3) is 3.49. The number of aldehydes is 1. The van der Waals surface area contributed by atoms with E-state index in [0.29, 0.717) is 22.3 Å². The molecule has 0 fully saturated rings. The minimum Gasteiger partial charge on any atom is -0.318 e. The standard InChI is InChI=1S/C8H10ClN3O2S/c1-2-12(3-4-13)8(14)11-7-10-5-6(9)15-7/h4-5H,2-3H2,1H3,(H,10,11,14). The van der Waals surface area contributed by atoms with Crippen LogP contribution in [0.3, 0.4) is 0 Å². The van der Waals surface area contributed by atoms with E-state index in [1.54, 1.807) is 6.92 Å². The third-order valence-electron chi connectivity index (χ3n) is 1.66. The van der Waals surface area contributed by atoms with Crippen molar-refractivity contribution in [1.29, 1.82) is 0 Å². The lowest BCUT2D eigenvalue weighted by molar-refractivity contribution is -0.108. The molecule has 0 bridgehead atoms. The topological polar surface area (TPSA) is 62.3 Å². The molecule has 0 radical (unpaired) electrons. The Bertz CT molecular complexity index is 355. The Morgan fingerprint density at radius 3 is 3.00 bits per heavy atom. The van der Waals surface area contributed by atoms with Gasteiger partial charge in [-0.25, -0.2) is 9.78 Å². The predicted octanol–water partition coefficient (Wildman–Crippen LogP) is 1.85. The van der Waals surface area contributed by atoms with Crippen LogP contribution in [0.1, 0.15) is 6.92 Å². The highest BCUT2D eigenvalue weighted by Crippen LogP contribution is 2.22. The smallest absolute Gasteiger partial charge is 0.318 e. The lowest BCUT2D eigenvalue weighted by Gasteiger charge is -2.17. The van der Waals surface area contributed by atoms with E-state index < -0.39 is 0 Å². The van der Waals surface area contributed by atoms with Gasteiger partial charge in [-0.1, -0.05) is 22.9 Å². The molecule has 0 spiro atoms. The summed E-state index contributed by atoms with van der Waals surface area (Å²) in [5.74, 6) is 0. The van der Waals surface area contributed by atoms with Crippen LogP contribution in [0.4, 0.5) is 9.93 Å². The highest BCUT2D eigenvalue weighted by molar-refractivity contribution is 7.19. The molecule has 0 aromatic carbocycles. The van der Waals surface area contributed by atoms with Gasteiger partial charge < -0.3 is 9.69 Å². The number of anilines is 1. The van der Waals surface area contributed by atoms with Crippen molar-refractivity contribution in [2.24, 2.45) is 0 Å². The number of carbonyl (C=O) groups is 2. The first-order valence-corrected chi connectivity index (χ1v) is 5.47. The van der Waals surface area contributed by atoms with E-state index >= 15 is 0 Å². The molecule has 0 aliphatic carbocycles. The largest absolute Gasteiger partial charge is 0.324 e. The fourth-order valence-electron chi connectivity index (χ4n) is 0.928. The summed E-state index contributed by atoms with van der Waals surface area (Å²) in [6, 6.07) is -0.351. The molecule has 1 heterocycles. The number of halogens is 1. The van der Waals surface area contributed by atoms with E-state index in [0.717, 1.165) is 0 Å². The summed E-state index contributed by atoms with van der Waals surface area (Å²) >= 11 is 6.82. The van der Waals surface area contributed by atoms with E-state index in [2.05, 4.69) is 10.3 Å². The minimum atomic E-state index is -0.351. The molecule has 15 heavy (non-hydrogen) atoms. The van der Waals surface area contributed by atoms with Crippen molar-refractivity contribution in [2.45, 2.75) is 6.92 Å². The van der Waals surface area contributed by atoms with Gasteiger partial charge in [0.25, 0.3) is 0 Å². The monoisotopic (exact) mass is 247 g/mol. The Morgan fingerprint density at radius 1 is 1.80 bits per heavy atom. The Kier molecular flexibility index (Phi) is 4.51. The number of hydrogen-bond donors (Lipinski definition) is 1. The molecular formula is C8H10ClN3O2S. The Balaban J connectivity index is 2.57. The van der Waals surface area contributed by atoms with Crippen LogP contribution < -0.4 is 5.32 Å². The van der Waals surface area contributed by atoms with Gasteiger partial charge in [0.1, 0.15) is 10.6 Å². The number of carbonyl (C=O) groups excluding carboxylic acids is 2. The van der Waals surface area contributed by atoms with Gasteiger partial charge in [-0.3, -0.25) is 5.32 Å². The molecule has 0 atom stereocenters. The molecule has 7 heteroatoms. The third-order valence-corrected chi connectivity index (χ3v) is 2.69. The van der Waals surface area contributed by atoms with Crippen LogP contribution in [0.2, 0.25) is 4.34 Å². The normalized spacial score (nSPS) is 9.73. The number of nitrogens with zero attached hydrogens (tertiary/aromatic N) is 2. The summed E-state index contributed by atoms with van der Waals surface area (Å²) in [5, 5.41) is 2.97. The molecule has 1 aromatic rings. The van der Waals surface area contributed by atoms with Crippen LogP contribution in [-0.2, 0) is 4.79 Å². The van der Waals surface area contributed by atoms with Crippen molar-refractivity contribution in [3.63, 3.8) is 0 Å². The quantitative estimate of drug-likeness (QED) is 0.826. The zero-order valence-corrected chi connectivity index (χ0v) is 9.64. The van der Waals surface area contributed by atoms with E-state index in [1.807, 2.05) is 0 Å². The van der Waals surface area contributed by atoms with Gasteiger partial charge in [-0.05, 0) is 6.92 Å². The number of thiazole rings is 1. The number of nitrogens with one attached hydrogen (secondary N) is 1. The number of aromatic nitrogens is 1. The SMILES string of the molecule is CCN(CC=O)C(=O)Nc1ncc(Cl)s1. The van der Waals surface area contributed by atoms with Crippen molar-refractivity contribution >= 4 is 40.4 Å². The van der Waals surface area contributed by atoms with E-state index in [1.165, 1.54) is 22.4 Å². The van der Waals surface area contributed by atoms with Gasteiger partial charge in [0, 0.05) is 6.54 Å². The zero-order valence-electron chi connectivity index (χ0n) is 8.07. The van der Waals surface area contributed by atoms with Crippen LogP contribution in [0.25, 0.3) is 0 Å². The maximum absolute atomic E-state index is 11.5. The number of rotatable bonds is 4. The maximum atomic E-state index is 11.5. The second kappa shape index (κ2) is 5.67. The molecule has 0 saturated carbocycles. The van der Waals surface area contributed by atoms with E-state index in [9.17, 15) is 9.59 Å². The second-order valence-corrected chi connectivity index (χ2v) is 4.27. The van der Waals surface area contributed by atoms with E-state index in [4.69, 9.17) is 11.6 Å². The number of likely N-dealkylation sites (N-methyl/N-ethyl adjacent to an activating group) is 1. The Hall–Kier alpha value is -1.14. The molecular weight excluding hydrogens is 238 g/mol. The molecule has 0 aliphatic heterocycles. The summed E-state index contributed by atoms with van der Waals surface area (Å²) in [5.41, 5.74) is 0. The summed E-state index contributed by atoms with van der Waals surface area (Å²) in [6.07, 6.45) is 2.13. The van der Waals surface area contributed by atoms with Gasteiger partial charge in [0.05, 0.1) is 12.7 Å². The first-order chi connectivity index (χ1) is 7.17. The molecule has 5 nitrogen and oxygen atoms in total.